The second-order valence-corrected chi connectivity index (χ2v) is 9.22. The van der Waals surface area contributed by atoms with Crippen LogP contribution in [0.2, 0.25) is 0 Å². The Bertz CT molecular complexity index is 1220. The molecule has 3 aromatic rings. The first-order valence-electron chi connectivity index (χ1n) is 8.07. The lowest BCUT2D eigenvalue weighted by Gasteiger charge is -2.13. The van der Waals surface area contributed by atoms with Gasteiger partial charge >= 0.3 is 0 Å². The molecular formula is C19H17NO6S2. The lowest BCUT2D eigenvalue weighted by atomic mass is 10.1. The molecule has 3 N–H and O–H groups in total. The average molecular weight is 419 g/mol. The summed E-state index contributed by atoms with van der Waals surface area (Å²) in [6, 6.07) is 15.9. The molecule has 28 heavy (non-hydrogen) atoms. The van der Waals surface area contributed by atoms with Gasteiger partial charge in [0.1, 0.15) is 10.6 Å². The lowest BCUT2D eigenvalue weighted by molar-refractivity contribution is 0.475. The summed E-state index contributed by atoms with van der Waals surface area (Å²) < 4.78 is 60.6. The highest BCUT2D eigenvalue weighted by Gasteiger charge is 2.22. The summed E-state index contributed by atoms with van der Waals surface area (Å²) in [5.74, 6) is 0.0428. The first-order chi connectivity index (χ1) is 13.1. The van der Waals surface area contributed by atoms with Crippen LogP contribution in [0.4, 0.5) is 5.69 Å². The number of hydrogen-bond donors (Lipinski definition) is 3. The summed E-state index contributed by atoms with van der Waals surface area (Å²) in [6.45, 7) is 1.81. The average Bonchev–Trinajstić information content (AvgIpc) is 2.62. The molecule has 0 amide bonds. The number of phenols is 1. The van der Waals surface area contributed by atoms with Crippen molar-refractivity contribution in [2.45, 2.75) is 16.7 Å². The van der Waals surface area contributed by atoms with Gasteiger partial charge in [0.15, 0.2) is 0 Å². The Morgan fingerprint density at radius 1 is 0.786 bits per heavy atom. The van der Waals surface area contributed by atoms with E-state index in [4.69, 9.17) is 0 Å². The van der Waals surface area contributed by atoms with Crippen molar-refractivity contribution in [3.05, 3.63) is 72.3 Å². The van der Waals surface area contributed by atoms with Crippen LogP contribution in [-0.2, 0) is 20.1 Å². The number of nitrogens with one attached hydrogen (secondary N) is 1. The maximum absolute atomic E-state index is 12.6. The summed E-state index contributed by atoms with van der Waals surface area (Å²) >= 11 is 0. The smallest absolute Gasteiger partial charge is 0.296 e. The molecule has 0 heterocycles. The first kappa shape index (κ1) is 19.9. The predicted octanol–water partition coefficient (Wildman–Crippen LogP) is 3.42. The van der Waals surface area contributed by atoms with Crippen LogP contribution in [0.3, 0.4) is 0 Å². The SMILES string of the molecule is Cc1ccc(S(=O)(=O)Nc2ccc(-c3ccc(O)cc3)cc2S(=O)(=O)O)cc1. The largest absolute Gasteiger partial charge is 0.508 e. The second kappa shape index (κ2) is 7.27. The van der Waals surface area contributed by atoms with Crippen LogP contribution in [-0.4, -0.2) is 26.5 Å². The maximum Gasteiger partial charge on any atom is 0.296 e. The van der Waals surface area contributed by atoms with Gasteiger partial charge in [0, 0.05) is 0 Å². The number of aryl methyl sites for hydroxylation is 1. The number of hydrogen-bond acceptors (Lipinski definition) is 5. The molecule has 9 heteroatoms. The number of rotatable bonds is 5. The highest BCUT2D eigenvalue weighted by molar-refractivity contribution is 7.93. The topological polar surface area (TPSA) is 121 Å². The number of phenolic OH excluding ortho intramolecular Hbond substituents is 1. The Kier molecular flexibility index (Phi) is 5.16. The molecule has 0 radical (unpaired) electrons. The van der Waals surface area contributed by atoms with Crippen LogP contribution < -0.4 is 4.72 Å². The molecule has 3 rings (SSSR count). The van der Waals surface area contributed by atoms with Crippen LogP contribution in [0, 0.1) is 6.92 Å². The zero-order valence-electron chi connectivity index (χ0n) is 14.7. The third kappa shape index (κ3) is 4.33. The van der Waals surface area contributed by atoms with E-state index in [-0.39, 0.29) is 16.3 Å². The van der Waals surface area contributed by atoms with Gasteiger partial charge in [0.25, 0.3) is 20.1 Å². The summed E-state index contributed by atoms with van der Waals surface area (Å²) in [4.78, 5) is -0.615. The standard InChI is InChI=1S/C19H17NO6S2/c1-13-2-9-17(10-3-13)27(22,23)20-18-11-6-15(12-19(18)28(24,25)26)14-4-7-16(21)8-5-14/h2-12,20-21H,1H3,(H,24,25,26). The zero-order chi connectivity index (χ0) is 20.5. The van der Waals surface area contributed by atoms with E-state index in [1.165, 1.54) is 36.4 Å². The van der Waals surface area contributed by atoms with E-state index in [1.807, 2.05) is 6.92 Å². The molecule has 3 aromatic carbocycles. The zero-order valence-corrected chi connectivity index (χ0v) is 16.3. The second-order valence-electron chi connectivity index (χ2n) is 6.15. The van der Waals surface area contributed by atoms with Crippen molar-refractivity contribution in [2.24, 2.45) is 0 Å². The molecule has 0 saturated carbocycles. The number of aromatic hydroxyl groups is 1. The molecule has 7 nitrogen and oxygen atoms in total. The Balaban J connectivity index is 2.06. The molecule has 0 saturated heterocycles. The molecule has 0 spiro atoms. The van der Waals surface area contributed by atoms with E-state index in [0.29, 0.717) is 11.1 Å². The Labute approximate surface area is 163 Å². The van der Waals surface area contributed by atoms with Crippen molar-refractivity contribution >= 4 is 25.8 Å². The van der Waals surface area contributed by atoms with E-state index in [2.05, 4.69) is 4.72 Å². The molecule has 0 aromatic heterocycles. The van der Waals surface area contributed by atoms with Crippen LogP contribution in [0.5, 0.6) is 5.75 Å². The summed E-state index contributed by atoms with van der Waals surface area (Å²) in [5.41, 5.74) is 1.60. The van der Waals surface area contributed by atoms with Crippen LogP contribution in [0.25, 0.3) is 11.1 Å². The Morgan fingerprint density at radius 3 is 1.93 bits per heavy atom. The van der Waals surface area contributed by atoms with Gasteiger partial charge in [-0.2, -0.15) is 8.42 Å². The number of sulfonamides is 1. The van der Waals surface area contributed by atoms with E-state index in [9.17, 15) is 26.5 Å². The highest BCUT2D eigenvalue weighted by atomic mass is 32.2. The Hall–Kier alpha value is -2.88. The monoisotopic (exact) mass is 419 g/mol. The molecule has 0 aliphatic rings. The summed E-state index contributed by atoms with van der Waals surface area (Å²) in [6.07, 6.45) is 0. The molecule has 146 valence electrons. The van der Waals surface area contributed by atoms with Gasteiger partial charge < -0.3 is 5.11 Å². The van der Waals surface area contributed by atoms with Crippen molar-refractivity contribution in [1.29, 1.82) is 0 Å². The van der Waals surface area contributed by atoms with Gasteiger partial charge in [-0.1, -0.05) is 35.9 Å². The van der Waals surface area contributed by atoms with Gasteiger partial charge in [0.05, 0.1) is 10.6 Å². The minimum absolute atomic E-state index is 0.0398. The summed E-state index contributed by atoms with van der Waals surface area (Å²) in [5, 5.41) is 9.37. The molecule has 0 unspecified atom stereocenters. The number of anilines is 1. The van der Waals surface area contributed by atoms with E-state index < -0.39 is 25.0 Å². The van der Waals surface area contributed by atoms with E-state index in [1.54, 1.807) is 24.3 Å². The molecule has 0 bridgehead atoms. The normalized spacial score (nSPS) is 11.9. The highest BCUT2D eigenvalue weighted by Crippen LogP contribution is 2.30. The summed E-state index contributed by atoms with van der Waals surface area (Å²) in [7, 11) is -8.76. The van der Waals surface area contributed by atoms with Gasteiger partial charge in [-0.25, -0.2) is 8.42 Å². The van der Waals surface area contributed by atoms with Crippen LogP contribution in [0.15, 0.2) is 76.5 Å². The van der Waals surface area contributed by atoms with Crippen LogP contribution >= 0.6 is 0 Å². The van der Waals surface area contributed by atoms with E-state index in [0.717, 1.165) is 11.6 Å². The van der Waals surface area contributed by atoms with Gasteiger partial charge in [-0.15, -0.1) is 0 Å². The quantitative estimate of drug-likeness (QED) is 0.545. The van der Waals surface area contributed by atoms with Crippen molar-refractivity contribution in [3.8, 4) is 16.9 Å². The fraction of sp³-hybridized carbons (Fsp3) is 0.0526. The molecule has 0 atom stereocenters. The van der Waals surface area contributed by atoms with Gasteiger partial charge in [0.2, 0.25) is 0 Å². The molecule has 0 aliphatic heterocycles. The van der Waals surface area contributed by atoms with Crippen molar-refractivity contribution in [2.75, 3.05) is 4.72 Å². The fourth-order valence-electron chi connectivity index (χ4n) is 2.57. The van der Waals surface area contributed by atoms with Gasteiger partial charge in [-0.05, 0) is 54.4 Å². The predicted molar refractivity (Wildman–Crippen MR) is 105 cm³/mol. The van der Waals surface area contributed by atoms with Crippen molar-refractivity contribution in [3.63, 3.8) is 0 Å². The lowest BCUT2D eigenvalue weighted by Crippen LogP contribution is -2.15. The van der Waals surface area contributed by atoms with Gasteiger partial charge in [-0.3, -0.25) is 9.27 Å². The van der Waals surface area contributed by atoms with Crippen LogP contribution in [0.1, 0.15) is 5.56 Å². The van der Waals surface area contributed by atoms with Crippen molar-refractivity contribution in [1.82, 2.24) is 0 Å². The minimum Gasteiger partial charge on any atom is -0.508 e. The minimum atomic E-state index is -4.71. The molecular weight excluding hydrogens is 402 g/mol. The van der Waals surface area contributed by atoms with Crippen molar-refractivity contribution < 1.29 is 26.5 Å². The number of benzene rings is 3. The first-order valence-corrected chi connectivity index (χ1v) is 11.0. The maximum atomic E-state index is 12.6. The van der Waals surface area contributed by atoms with E-state index >= 15 is 0 Å². The molecule has 0 fully saturated rings. The third-order valence-corrected chi connectivity index (χ3v) is 6.31. The molecule has 0 aliphatic carbocycles. The third-order valence-electron chi connectivity index (χ3n) is 4.04. The fourth-order valence-corrected chi connectivity index (χ4v) is 4.39. The Morgan fingerprint density at radius 2 is 1.36 bits per heavy atom.